The van der Waals surface area contributed by atoms with E-state index in [1.807, 2.05) is 0 Å². The van der Waals surface area contributed by atoms with Gasteiger partial charge in [-0.3, -0.25) is 0 Å². The normalized spacial score (nSPS) is 14.1. The minimum absolute atomic E-state index is 0.706. The molecule has 4 nitrogen and oxygen atoms in total. The van der Waals surface area contributed by atoms with E-state index in [2.05, 4.69) is 63.1 Å². The van der Waals surface area contributed by atoms with Crippen molar-refractivity contribution < 1.29 is 17.7 Å². The molecule has 0 aliphatic carbocycles. The molecule has 0 aromatic rings. The topological polar surface area (TPSA) is 36.9 Å². The van der Waals surface area contributed by atoms with Crippen molar-refractivity contribution in [1.29, 1.82) is 0 Å². The predicted octanol–water partition coefficient (Wildman–Crippen LogP) is 6.07. The summed E-state index contributed by atoms with van der Waals surface area (Å²) >= 11 is 0. The Morgan fingerprint density at radius 3 is 1.11 bits per heavy atom. The summed E-state index contributed by atoms with van der Waals surface area (Å²) in [5.74, 6) is 0. The summed E-state index contributed by atoms with van der Waals surface area (Å²) in [6, 6.07) is 2.25. The molecule has 0 saturated heterocycles. The highest BCUT2D eigenvalue weighted by Crippen LogP contribution is 2.39. The van der Waals surface area contributed by atoms with Gasteiger partial charge in [-0.15, -0.1) is 0 Å². The van der Waals surface area contributed by atoms with E-state index in [1.54, 1.807) is 0 Å². The Bertz CT molecular complexity index is 289. The molecule has 0 amide bonds. The first-order chi connectivity index (χ1) is 13.6. The van der Waals surface area contributed by atoms with Crippen molar-refractivity contribution in [2.45, 2.75) is 103 Å². The van der Waals surface area contributed by atoms with Gasteiger partial charge >= 0.3 is 18.6 Å². The van der Waals surface area contributed by atoms with Crippen molar-refractivity contribution in [3.8, 4) is 0 Å². The van der Waals surface area contributed by atoms with Gasteiger partial charge in [0.2, 0.25) is 0 Å². The molecule has 170 valence electrons. The first-order valence-corrected chi connectivity index (χ1v) is 17.2. The van der Waals surface area contributed by atoms with Crippen molar-refractivity contribution >= 4 is 40.2 Å². The quantitative estimate of drug-likeness (QED) is 0.150. The standard InChI is InChI=1S/C20H46O4S2Si2/c1-7-13-19(15-17-27(21-9-3)22-10-4)25-26-20(14-8-2)16-18-28(23-11-5)24-12-6/h19-20,27-28H,7-18H2,1-6H3. The van der Waals surface area contributed by atoms with Crippen molar-refractivity contribution in [2.24, 2.45) is 0 Å². The lowest BCUT2D eigenvalue weighted by Crippen LogP contribution is -2.24. The molecule has 0 aromatic carbocycles. The largest absolute Gasteiger partial charge is 0.397 e. The summed E-state index contributed by atoms with van der Waals surface area (Å²) < 4.78 is 23.5. The Balaban J connectivity index is 4.49. The van der Waals surface area contributed by atoms with Crippen LogP contribution in [0.5, 0.6) is 0 Å². The molecule has 0 N–H and O–H groups in total. The molecule has 0 rings (SSSR count). The lowest BCUT2D eigenvalue weighted by molar-refractivity contribution is 0.212. The van der Waals surface area contributed by atoms with E-state index in [0.29, 0.717) is 10.5 Å². The second-order valence-corrected chi connectivity index (χ2v) is 13.9. The van der Waals surface area contributed by atoms with Crippen LogP contribution in [-0.2, 0) is 17.7 Å². The Labute approximate surface area is 186 Å². The highest BCUT2D eigenvalue weighted by Gasteiger charge is 2.20. The number of rotatable bonds is 21. The average Bonchev–Trinajstić information content (AvgIpc) is 2.68. The monoisotopic (exact) mass is 470 g/mol. The Kier molecular flexibility index (Phi) is 22.0. The fourth-order valence-corrected chi connectivity index (χ4v) is 10.8. The number of hydrogen-bond donors (Lipinski definition) is 0. The molecule has 0 fully saturated rings. The van der Waals surface area contributed by atoms with Gasteiger partial charge in [-0.05, 0) is 65.5 Å². The highest BCUT2D eigenvalue weighted by molar-refractivity contribution is 8.77. The summed E-state index contributed by atoms with van der Waals surface area (Å²) in [5, 5.41) is 1.41. The van der Waals surface area contributed by atoms with E-state index >= 15 is 0 Å². The van der Waals surface area contributed by atoms with E-state index in [-0.39, 0.29) is 0 Å². The van der Waals surface area contributed by atoms with Crippen LogP contribution >= 0.6 is 21.6 Å². The van der Waals surface area contributed by atoms with Crippen molar-refractivity contribution in [3.05, 3.63) is 0 Å². The summed E-state index contributed by atoms with van der Waals surface area (Å²) in [4.78, 5) is 0. The third kappa shape index (κ3) is 15.8. The fourth-order valence-electron chi connectivity index (χ4n) is 3.10. The van der Waals surface area contributed by atoms with Crippen molar-refractivity contribution in [2.75, 3.05) is 26.4 Å². The lowest BCUT2D eigenvalue weighted by Gasteiger charge is -2.23. The minimum atomic E-state index is -1.47. The zero-order valence-corrected chi connectivity index (χ0v) is 23.2. The second kappa shape index (κ2) is 21.2. The van der Waals surface area contributed by atoms with Crippen LogP contribution < -0.4 is 0 Å². The van der Waals surface area contributed by atoms with Crippen LogP contribution in [0, 0.1) is 0 Å². The van der Waals surface area contributed by atoms with Crippen LogP contribution in [0.25, 0.3) is 0 Å². The maximum Gasteiger partial charge on any atom is 0.321 e. The highest BCUT2D eigenvalue weighted by atomic mass is 33.1. The van der Waals surface area contributed by atoms with E-state index < -0.39 is 18.6 Å². The van der Waals surface area contributed by atoms with E-state index in [4.69, 9.17) is 17.7 Å². The Morgan fingerprint density at radius 1 is 0.536 bits per heavy atom. The first-order valence-electron chi connectivity index (χ1n) is 11.4. The molecule has 0 spiro atoms. The SMILES string of the molecule is CCCC(CC[SiH](OCC)OCC)SSC(CCC)CC[SiH](OCC)OCC. The molecule has 0 aliphatic rings. The molecule has 0 aliphatic heterocycles. The van der Waals surface area contributed by atoms with Gasteiger partial charge < -0.3 is 17.7 Å². The Hall–Kier alpha value is 0.974. The number of hydrogen-bond acceptors (Lipinski definition) is 6. The van der Waals surface area contributed by atoms with Crippen LogP contribution in [0.2, 0.25) is 12.1 Å². The third-order valence-corrected chi connectivity index (χ3v) is 12.4. The van der Waals surface area contributed by atoms with E-state index in [0.717, 1.165) is 38.5 Å². The van der Waals surface area contributed by atoms with Gasteiger partial charge in [0.25, 0.3) is 0 Å². The van der Waals surface area contributed by atoms with Crippen LogP contribution in [-0.4, -0.2) is 55.5 Å². The van der Waals surface area contributed by atoms with Gasteiger partial charge in [0.15, 0.2) is 0 Å². The van der Waals surface area contributed by atoms with Gasteiger partial charge in [0, 0.05) is 36.9 Å². The predicted molar refractivity (Wildman–Crippen MR) is 132 cm³/mol. The van der Waals surface area contributed by atoms with Crippen molar-refractivity contribution in [1.82, 2.24) is 0 Å². The first kappa shape index (κ1) is 29.0. The van der Waals surface area contributed by atoms with Crippen LogP contribution in [0.3, 0.4) is 0 Å². The minimum Gasteiger partial charge on any atom is -0.397 e. The smallest absolute Gasteiger partial charge is 0.321 e. The molecule has 2 unspecified atom stereocenters. The summed E-state index contributed by atoms with van der Waals surface area (Å²) in [5.41, 5.74) is 0. The zero-order chi connectivity index (χ0) is 21.0. The van der Waals surface area contributed by atoms with Crippen molar-refractivity contribution in [3.63, 3.8) is 0 Å². The van der Waals surface area contributed by atoms with Gasteiger partial charge in [-0.1, -0.05) is 48.3 Å². The van der Waals surface area contributed by atoms with E-state index in [1.165, 1.54) is 38.5 Å². The molecular weight excluding hydrogens is 425 g/mol. The lowest BCUT2D eigenvalue weighted by atomic mass is 10.2. The fraction of sp³-hybridized carbons (Fsp3) is 1.00. The molecular formula is C20H46O4S2Si2. The molecule has 0 aromatic heterocycles. The Morgan fingerprint density at radius 2 is 0.857 bits per heavy atom. The van der Waals surface area contributed by atoms with Gasteiger partial charge in [0.1, 0.15) is 0 Å². The molecule has 8 heteroatoms. The summed E-state index contributed by atoms with van der Waals surface area (Å²) in [6.45, 7) is 16.0. The van der Waals surface area contributed by atoms with Crippen LogP contribution in [0.4, 0.5) is 0 Å². The summed E-state index contributed by atoms with van der Waals surface area (Å²) in [7, 11) is 1.28. The molecule has 0 saturated carbocycles. The second-order valence-electron chi connectivity index (χ2n) is 6.85. The summed E-state index contributed by atoms with van der Waals surface area (Å²) in [6.07, 6.45) is 7.50. The van der Waals surface area contributed by atoms with Crippen LogP contribution in [0.1, 0.15) is 80.1 Å². The molecule has 28 heavy (non-hydrogen) atoms. The molecule has 2 atom stereocenters. The molecule has 0 heterocycles. The maximum atomic E-state index is 5.86. The molecule has 0 bridgehead atoms. The van der Waals surface area contributed by atoms with Gasteiger partial charge in [-0.25, -0.2) is 0 Å². The maximum absolute atomic E-state index is 5.86. The third-order valence-electron chi connectivity index (χ3n) is 4.41. The van der Waals surface area contributed by atoms with E-state index in [9.17, 15) is 0 Å². The molecule has 0 radical (unpaired) electrons. The average molecular weight is 471 g/mol. The van der Waals surface area contributed by atoms with Gasteiger partial charge in [0.05, 0.1) is 0 Å². The van der Waals surface area contributed by atoms with Gasteiger partial charge in [-0.2, -0.15) is 0 Å². The zero-order valence-electron chi connectivity index (χ0n) is 19.2. The van der Waals surface area contributed by atoms with Crippen LogP contribution in [0.15, 0.2) is 0 Å².